The molecule has 0 saturated heterocycles. The second-order valence-electron chi connectivity index (χ2n) is 7.44. The third-order valence-electron chi connectivity index (χ3n) is 1.78. The maximum Gasteiger partial charge on any atom is 0.0660 e. The van der Waals surface area contributed by atoms with E-state index in [0.29, 0.717) is 5.41 Å². The van der Waals surface area contributed by atoms with Gasteiger partial charge in [-0.2, -0.15) is 0 Å². The Hall–Kier alpha value is -0.600. The van der Waals surface area contributed by atoms with Gasteiger partial charge in [0.05, 0.1) is 26.6 Å². The van der Waals surface area contributed by atoms with Crippen LogP contribution >= 0.6 is 36.7 Å². The van der Waals surface area contributed by atoms with Crippen LogP contribution in [-0.4, -0.2) is 33.6 Å². The Kier molecular flexibility index (Phi) is 15.4. The van der Waals surface area contributed by atoms with Crippen molar-refractivity contribution in [3.05, 3.63) is 0 Å². The zero-order chi connectivity index (χ0) is 18.4. The topological polar surface area (TPSA) is 37.1 Å². The van der Waals surface area contributed by atoms with Gasteiger partial charge in [0.25, 0.3) is 0 Å². The summed E-state index contributed by atoms with van der Waals surface area (Å²) in [6.07, 6.45) is 1.03. The van der Waals surface area contributed by atoms with E-state index in [1.807, 2.05) is 20.8 Å². The van der Waals surface area contributed by atoms with E-state index in [2.05, 4.69) is 102 Å². The number of rotatable bonds is 2. The molecular weight excluding hydrogens is 330 g/mol. The van der Waals surface area contributed by atoms with Gasteiger partial charge in [-0.05, 0) is 83.1 Å². The SMILES string of the molecule is CC(C)(C)CC(C)(C)N=C=S.CC(C)(C)N=C=S.CN=C=S. The summed E-state index contributed by atoms with van der Waals surface area (Å²) >= 11 is 13.1. The van der Waals surface area contributed by atoms with Crippen LogP contribution in [0.15, 0.2) is 15.0 Å². The first-order valence-corrected chi connectivity index (χ1v) is 8.11. The molecule has 0 unspecified atom stereocenters. The lowest BCUT2D eigenvalue weighted by Crippen LogP contribution is -2.24. The van der Waals surface area contributed by atoms with E-state index < -0.39 is 0 Å². The van der Waals surface area contributed by atoms with E-state index in [0.717, 1.165) is 6.42 Å². The molecule has 0 atom stereocenters. The van der Waals surface area contributed by atoms with Crippen LogP contribution < -0.4 is 0 Å². The van der Waals surface area contributed by atoms with E-state index in [1.165, 1.54) is 0 Å². The van der Waals surface area contributed by atoms with Crippen LogP contribution in [0.1, 0.15) is 61.8 Å². The standard InChI is InChI=1S/C9H17NS.C5H9NS.C2H3NS/c1-8(2,3)6-9(4,5)10-7-11;1-5(2,3)6-4-7;1-3-2-4/h6H2,1-5H3;1-3H3;1H3. The normalized spacial score (nSPS) is 10.2. The lowest BCUT2D eigenvalue weighted by atomic mass is 9.82. The van der Waals surface area contributed by atoms with Crippen molar-refractivity contribution in [2.45, 2.75) is 72.9 Å². The van der Waals surface area contributed by atoms with E-state index in [4.69, 9.17) is 0 Å². The largest absolute Gasteiger partial charge is 0.236 e. The Morgan fingerprint density at radius 1 is 0.727 bits per heavy atom. The molecule has 0 saturated carbocycles. The molecule has 0 heterocycles. The molecule has 0 rings (SSSR count). The molecule has 0 aromatic rings. The van der Waals surface area contributed by atoms with Crippen molar-refractivity contribution in [1.29, 1.82) is 0 Å². The van der Waals surface area contributed by atoms with Gasteiger partial charge in [-0.25, -0.2) is 15.0 Å². The van der Waals surface area contributed by atoms with Gasteiger partial charge in [-0.3, -0.25) is 0 Å². The van der Waals surface area contributed by atoms with Crippen LogP contribution in [0.5, 0.6) is 0 Å². The molecule has 126 valence electrons. The summed E-state index contributed by atoms with van der Waals surface area (Å²) in [7, 11) is 1.59. The summed E-state index contributed by atoms with van der Waals surface area (Å²) in [5.41, 5.74) is 0.209. The van der Waals surface area contributed by atoms with E-state index in [-0.39, 0.29) is 11.1 Å². The zero-order valence-corrected chi connectivity index (χ0v) is 17.7. The summed E-state index contributed by atoms with van der Waals surface area (Å²) in [5.74, 6) is 0. The number of isothiocyanates is 3. The fourth-order valence-electron chi connectivity index (χ4n) is 1.60. The highest BCUT2D eigenvalue weighted by molar-refractivity contribution is 7.78. The number of hydrogen-bond donors (Lipinski definition) is 0. The Morgan fingerprint density at radius 3 is 1.23 bits per heavy atom. The van der Waals surface area contributed by atoms with Crippen molar-refractivity contribution < 1.29 is 0 Å². The summed E-state index contributed by atoms with van der Waals surface area (Å²) in [6, 6.07) is 0. The third kappa shape index (κ3) is 31.7. The lowest BCUT2D eigenvalue weighted by Gasteiger charge is -2.27. The second-order valence-corrected chi connectivity index (χ2v) is 7.99. The van der Waals surface area contributed by atoms with Gasteiger partial charge in [0, 0.05) is 7.05 Å². The number of aliphatic imine (C=N–C) groups is 3. The zero-order valence-electron chi connectivity index (χ0n) is 15.3. The molecule has 0 aliphatic heterocycles. The minimum Gasteiger partial charge on any atom is -0.236 e. The first kappa shape index (κ1) is 26.3. The molecule has 0 amide bonds. The highest BCUT2D eigenvalue weighted by Crippen LogP contribution is 2.28. The third-order valence-corrected chi connectivity index (χ3v) is 2.15. The van der Waals surface area contributed by atoms with E-state index in [9.17, 15) is 0 Å². The lowest BCUT2D eigenvalue weighted by molar-refractivity contribution is 0.289. The van der Waals surface area contributed by atoms with Gasteiger partial charge >= 0.3 is 0 Å². The molecule has 0 fully saturated rings. The fourth-order valence-corrected chi connectivity index (χ4v) is 2.12. The molecule has 0 aromatic heterocycles. The molecule has 6 heteroatoms. The quantitative estimate of drug-likeness (QED) is 0.454. The predicted molar refractivity (Wildman–Crippen MR) is 109 cm³/mol. The van der Waals surface area contributed by atoms with Crippen LogP contribution in [0.2, 0.25) is 0 Å². The maximum atomic E-state index is 4.57. The molecule has 0 aliphatic carbocycles. The van der Waals surface area contributed by atoms with Crippen molar-refractivity contribution in [3.63, 3.8) is 0 Å². The van der Waals surface area contributed by atoms with Gasteiger partial charge < -0.3 is 0 Å². The molecule has 0 N–H and O–H groups in total. The average Bonchev–Trinajstić information content (AvgIpc) is 2.25. The molecule has 0 radical (unpaired) electrons. The van der Waals surface area contributed by atoms with Crippen molar-refractivity contribution >= 4 is 52.1 Å². The Morgan fingerprint density at radius 2 is 1.09 bits per heavy atom. The van der Waals surface area contributed by atoms with Crippen molar-refractivity contribution in [2.75, 3.05) is 7.05 Å². The predicted octanol–water partition coefficient (Wildman–Crippen LogP) is 5.91. The Balaban J connectivity index is -0.000000280. The molecule has 0 spiro atoms. The highest BCUT2D eigenvalue weighted by Gasteiger charge is 2.24. The molecule has 0 aromatic carbocycles. The first-order valence-electron chi connectivity index (χ1n) is 6.88. The molecule has 22 heavy (non-hydrogen) atoms. The van der Waals surface area contributed by atoms with Crippen molar-refractivity contribution in [2.24, 2.45) is 20.4 Å². The summed E-state index contributed by atoms with van der Waals surface area (Å²) in [6.45, 7) is 16.7. The number of thiocarbonyl (C=S) groups is 3. The van der Waals surface area contributed by atoms with Crippen LogP contribution in [0.25, 0.3) is 0 Å². The fraction of sp³-hybridized carbons (Fsp3) is 0.812. The number of hydrogen-bond acceptors (Lipinski definition) is 6. The highest BCUT2D eigenvalue weighted by atomic mass is 32.1. The molecule has 3 nitrogen and oxygen atoms in total. The smallest absolute Gasteiger partial charge is 0.0660 e. The second kappa shape index (κ2) is 12.9. The average molecular weight is 360 g/mol. The summed E-state index contributed by atoms with van der Waals surface area (Å²) < 4.78 is 0. The van der Waals surface area contributed by atoms with Crippen molar-refractivity contribution in [3.8, 4) is 0 Å². The van der Waals surface area contributed by atoms with Gasteiger partial charge in [0.1, 0.15) is 0 Å². The van der Waals surface area contributed by atoms with Gasteiger partial charge in [-0.1, -0.05) is 20.8 Å². The number of nitrogens with zero attached hydrogens (tertiary/aromatic N) is 3. The molecule has 0 aliphatic rings. The van der Waals surface area contributed by atoms with Crippen LogP contribution in [0.4, 0.5) is 0 Å². The minimum absolute atomic E-state index is 0.0399. The first-order chi connectivity index (χ1) is 9.74. The van der Waals surface area contributed by atoms with Crippen LogP contribution in [0.3, 0.4) is 0 Å². The Labute approximate surface area is 152 Å². The van der Waals surface area contributed by atoms with Gasteiger partial charge in [0.15, 0.2) is 0 Å². The minimum atomic E-state index is -0.0556. The van der Waals surface area contributed by atoms with Crippen LogP contribution in [0, 0.1) is 5.41 Å². The van der Waals surface area contributed by atoms with E-state index in [1.54, 1.807) is 7.05 Å². The summed E-state index contributed by atoms with van der Waals surface area (Å²) in [5, 5.41) is 6.89. The maximum absolute atomic E-state index is 4.57. The Bertz CT molecular complexity index is 438. The summed E-state index contributed by atoms with van der Waals surface area (Å²) in [4.78, 5) is 11.2. The molecular formula is C16H29N3S3. The monoisotopic (exact) mass is 359 g/mol. The molecule has 0 bridgehead atoms. The van der Waals surface area contributed by atoms with Crippen LogP contribution in [-0.2, 0) is 0 Å². The van der Waals surface area contributed by atoms with Crippen molar-refractivity contribution in [1.82, 2.24) is 0 Å². The van der Waals surface area contributed by atoms with Gasteiger partial charge in [0.2, 0.25) is 0 Å². The van der Waals surface area contributed by atoms with E-state index >= 15 is 0 Å². The van der Waals surface area contributed by atoms with Gasteiger partial charge in [-0.15, -0.1) is 0 Å².